The average molecular weight is 261 g/mol. The molecule has 0 saturated carbocycles. The summed E-state index contributed by atoms with van der Waals surface area (Å²) in [5.74, 6) is 0.883. The van der Waals surface area contributed by atoms with Crippen LogP contribution in [0.5, 0.6) is 5.75 Å². The Morgan fingerprint density at radius 1 is 1.50 bits per heavy atom. The summed E-state index contributed by atoms with van der Waals surface area (Å²) in [5.41, 5.74) is 2.14. The van der Waals surface area contributed by atoms with E-state index in [0.717, 1.165) is 23.3 Å². The van der Waals surface area contributed by atoms with E-state index >= 15 is 0 Å². The quantitative estimate of drug-likeness (QED) is 0.782. The Labute approximate surface area is 99.8 Å². The first kappa shape index (κ1) is 11.7. The molecule has 1 unspecified atom stereocenters. The van der Waals surface area contributed by atoms with Gasteiger partial charge in [-0.2, -0.15) is 0 Å². The Balaban J connectivity index is 2.11. The Bertz CT molecular complexity index is 496. The van der Waals surface area contributed by atoms with Crippen LogP contribution >= 0.6 is 10.7 Å². The molecular weight excluding hydrogens is 248 g/mol. The fourth-order valence-electron chi connectivity index (χ4n) is 1.87. The number of halogens is 1. The number of benzene rings is 1. The van der Waals surface area contributed by atoms with E-state index < -0.39 is 9.05 Å². The van der Waals surface area contributed by atoms with E-state index in [0.29, 0.717) is 6.42 Å². The highest BCUT2D eigenvalue weighted by Crippen LogP contribution is 2.29. The summed E-state index contributed by atoms with van der Waals surface area (Å²) in [4.78, 5) is 0. The molecule has 0 spiro atoms. The molecule has 0 bridgehead atoms. The lowest BCUT2D eigenvalue weighted by Gasteiger charge is -2.03. The summed E-state index contributed by atoms with van der Waals surface area (Å²) in [7, 11) is 1.76. The van der Waals surface area contributed by atoms with Crippen molar-refractivity contribution >= 4 is 19.7 Å². The van der Waals surface area contributed by atoms with Gasteiger partial charge in [0.1, 0.15) is 11.9 Å². The van der Waals surface area contributed by atoms with E-state index in [2.05, 4.69) is 0 Å². The van der Waals surface area contributed by atoms with Crippen molar-refractivity contribution in [3.63, 3.8) is 0 Å². The molecule has 16 heavy (non-hydrogen) atoms. The average Bonchev–Trinajstić information content (AvgIpc) is 2.52. The molecule has 0 radical (unpaired) electrons. The summed E-state index contributed by atoms with van der Waals surface area (Å²) >= 11 is 0. The molecule has 0 N–H and O–H groups in total. The number of rotatable bonds is 3. The van der Waals surface area contributed by atoms with E-state index in [4.69, 9.17) is 15.4 Å². The van der Waals surface area contributed by atoms with Gasteiger partial charge in [-0.05, 0) is 30.5 Å². The first-order valence-corrected chi connectivity index (χ1v) is 7.63. The van der Waals surface area contributed by atoms with Gasteiger partial charge < -0.3 is 4.74 Å². The second-order valence-electron chi connectivity index (χ2n) is 4.07. The molecule has 1 aliphatic heterocycles. The van der Waals surface area contributed by atoms with Crippen molar-refractivity contribution in [1.82, 2.24) is 0 Å². The predicted molar refractivity (Wildman–Crippen MR) is 63.6 cm³/mol. The van der Waals surface area contributed by atoms with Crippen LogP contribution in [0.15, 0.2) is 18.2 Å². The maximum absolute atomic E-state index is 10.8. The molecule has 1 aromatic carbocycles. The maximum atomic E-state index is 10.8. The molecule has 0 fully saturated rings. The molecule has 1 atom stereocenters. The molecule has 88 valence electrons. The topological polar surface area (TPSA) is 43.4 Å². The van der Waals surface area contributed by atoms with Crippen LogP contribution in [0.4, 0.5) is 0 Å². The van der Waals surface area contributed by atoms with Crippen molar-refractivity contribution in [3.05, 3.63) is 29.3 Å². The van der Waals surface area contributed by atoms with E-state index in [1.165, 1.54) is 0 Å². The van der Waals surface area contributed by atoms with Crippen LogP contribution in [0.25, 0.3) is 0 Å². The molecule has 0 aliphatic carbocycles. The summed E-state index contributed by atoms with van der Waals surface area (Å²) in [5, 5.41) is 0. The zero-order valence-electron chi connectivity index (χ0n) is 8.94. The number of aryl methyl sites for hydroxylation is 1. The summed E-state index contributed by atoms with van der Waals surface area (Å²) < 4.78 is 27.2. The van der Waals surface area contributed by atoms with Crippen molar-refractivity contribution in [1.29, 1.82) is 0 Å². The first-order valence-electron chi connectivity index (χ1n) is 5.15. The van der Waals surface area contributed by atoms with Gasteiger partial charge in [-0.15, -0.1) is 0 Å². The number of hydrogen-bond donors (Lipinski definition) is 0. The van der Waals surface area contributed by atoms with Crippen molar-refractivity contribution in [2.75, 3.05) is 5.75 Å². The molecule has 1 heterocycles. The van der Waals surface area contributed by atoms with Crippen molar-refractivity contribution < 1.29 is 13.2 Å². The highest BCUT2D eigenvalue weighted by molar-refractivity contribution is 8.13. The molecule has 0 saturated heterocycles. The van der Waals surface area contributed by atoms with Gasteiger partial charge in [0.05, 0.1) is 5.75 Å². The van der Waals surface area contributed by atoms with Crippen molar-refractivity contribution in [2.24, 2.45) is 0 Å². The highest BCUT2D eigenvalue weighted by atomic mass is 35.7. The van der Waals surface area contributed by atoms with Gasteiger partial charge in [-0.3, -0.25) is 0 Å². The third kappa shape index (κ3) is 2.89. The number of fused-ring (bicyclic) bond motifs is 1. The third-order valence-electron chi connectivity index (χ3n) is 2.59. The fraction of sp³-hybridized carbons (Fsp3) is 0.455. The van der Waals surface area contributed by atoms with E-state index in [9.17, 15) is 8.42 Å². The predicted octanol–water partition coefficient (Wildman–Crippen LogP) is 2.12. The van der Waals surface area contributed by atoms with Gasteiger partial charge >= 0.3 is 0 Å². The van der Waals surface area contributed by atoms with Crippen LogP contribution in [0, 0.1) is 0 Å². The Hall–Kier alpha value is -0.740. The summed E-state index contributed by atoms with van der Waals surface area (Å²) in [6.07, 6.45) is 1.55. The number of hydrogen-bond acceptors (Lipinski definition) is 3. The molecule has 0 amide bonds. The zero-order valence-corrected chi connectivity index (χ0v) is 10.5. The molecule has 2 rings (SSSR count). The van der Waals surface area contributed by atoms with Crippen LogP contribution < -0.4 is 4.74 Å². The van der Waals surface area contributed by atoms with Crippen LogP contribution in [0.3, 0.4) is 0 Å². The lowest BCUT2D eigenvalue weighted by molar-refractivity contribution is 0.254. The maximum Gasteiger partial charge on any atom is 0.232 e. The Morgan fingerprint density at radius 2 is 2.25 bits per heavy atom. The van der Waals surface area contributed by atoms with Gasteiger partial charge in [0, 0.05) is 17.1 Å². The van der Waals surface area contributed by atoms with Crippen molar-refractivity contribution in [2.45, 2.75) is 25.9 Å². The fourth-order valence-corrected chi connectivity index (χ4v) is 2.58. The van der Waals surface area contributed by atoms with Crippen LogP contribution in [0.1, 0.15) is 18.1 Å². The lowest BCUT2D eigenvalue weighted by atomic mass is 10.1. The largest absolute Gasteiger partial charge is 0.490 e. The third-order valence-corrected chi connectivity index (χ3v) is 3.75. The Morgan fingerprint density at radius 3 is 2.94 bits per heavy atom. The van der Waals surface area contributed by atoms with Crippen LogP contribution in [-0.4, -0.2) is 20.3 Å². The minimum Gasteiger partial charge on any atom is -0.490 e. The smallest absolute Gasteiger partial charge is 0.232 e. The molecule has 5 heteroatoms. The monoisotopic (exact) mass is 260 g/mol. The minimum atomic E-state index is -3.41. The van der Waals surface area contributed by atoms with Gasteiger partial charge in [0.2, 0.25) is 9.05 Å². The zero-order chi connectivity index (χ0) is 11.8. The summed E-state index contributed by atoms with van der Waals surface area (Å²) in [6, 6.07) is 5.79. The van der Waals surface area contributed by atoms with Gasteiger partial charge in [-0.25, -0.2) is 8.42 Å². The van der Waals surface area contributed by atoms with E-state index in [1.807, 2.05) is 25.1 Å². The summed E-state index contributed by atoms with van der Waals surface area (Å²) in [6.45, 7) is 2.02. The number of ether oxygens (including phenoxy) is 1. The normalized spacial score (nSPS) is 19.2. The Kier molecular flexibility index (Phi) is 3.13. The van der Waals surface area contributed by atoms with Gasteiger partial charge in [0.25, 0.3) is 0 Å². The standard InChI is InChI=1S/C11H13ClO3S/c1-8-6-10-7-9(2-3-11(10)15-8)4-5-16(12,13)14/h2-3,7-8H,4-6H2,1H3. The van der Waals surface area contributed by atoms with Gasteiger partial charge in [0.15, 0.2) is 0 Å². The van der Waals surface area contributed by atoms with Gasteiger partial charge in [-0.1, -0.05) is 12.1 Å². The second kappa shape index (κ2) is 4.26. The van der Waals surface area contributed by atoms with Crippen LogP contribution in [-0.2, 0) is 21.9 Å². The SMILES string of the molecule is CC1Cc2cc(CCS(=O)(=O)Cl)ccc2O1. The van der Waals surface area contributed by atoms with Crippen LogP contribution in [0.2, 0.25) is 0 Å². The van der Waals surface area contributed by atoms with E-state index in [-0.39, 0.29) is 11.9 Å². The molecular formula is C11H13ClO3S. The molecule has 0 aromatic heterocycles. The second-order valence-corrected chi connectivity index (χ2v) is 6.96. The van der Waals surface area contributed by atoms with E-state index in [1.54, 1.807) is 0 Å². The first-order chi connectivity index (χ1) is 7.44. The molecule has 3 nitrogen and oxygen atoms in total. The highest BCUT2D eigenvalue weighted by Gasteiger charge is 2.19. The lowest BCUT2D eigenvalue weighted by Crippen LogP contribution is -2.05. The van der Waals surface area contributed by atoms with Crippen molar-refractivity contribution in [3.8, 4) is 5.75 Å². The minimum absolute atomic E-state index is 0.0241. The molecule has 1 aliphatic rings. The molecule has 1 aromatic rings.